The van der Waals surface area contributed by atoms with Crippen LogP contribution in [0.3, 0.4) is 0 Å². The molecule has 1 aliphatic carbocycles. The van der Waals surface area contributed by atoms with Gasteiger partial charge in [0.1, 0.15) is 12.4 Å². The fourth-order valence-corrected chi connectivity index (χ4v) is 2.81. The summed E-state index contributed by atoms with van der Waals surface area (Å²) in [5, 5.41) is 15.3. The number of fused-ring (bicyclic) bond motifs is 1. The number of ether oxygens (including phenoxy) is 1. The first kappa shape index (κ1) is 13.4. The average Bonchev–Trinajstić information content (AvgIpc) is 3.34. The number of hydrogen-bond donors (Lipinski definition) is 2. The summed E-state index contributed by atoms with van der Waals surface area (Å²) < 4.78 is 6.05. The van der Waals surface area contributed by atoms with Gasteiger partial charge in [0.2, 0.25) is 0 Å². The SMILES string of the molecule is CNC(CO)(COc1cccc2ccccc12)C1CC1. The van der Waals surface area contributed by atoms with E-state index in [1.165, 1.54) is 18.2 Å². The normalized spacial score (nSPS) is 17.9. The van der Waals surface area contributed by atoms with Crippen molar-refractivity contribution in [2.24, 2.45) is 5.92 Å². The van der Waals surface area contributed by atoms with Gasteiger partial charge in [0.05, 0.1) is 12.1 Å². The molecule has 2 aromatic carbocycles. The van der Waals surface area contributed by atoms with Crippen molar-refractivity contribution >= 4 is 10.8 Å². The minimum absolute atomic E-state index is 0.110. The van der Waals surface area contributed by atoms with Gasteiger partial charge >= 0.3 is 0 Å². The van der Waals surface area contributed by atoms with Gasteiger partial charge in [0.15, 0.2) is 0 Å². The van der Waals surface area contributed by atoms with Gasteiger partial charge < -0.3 is 15.2 Å². The maximum atomic E-state index is 9.74. The standard InChI is InChI=1S/C17H21NO2/c1-18-17(11-19,14-9-10-14)12-20-16-8-4-6-13-5-2-3-7-15(13)16/h2-8,14,18-19H,9-12H2,1H3. The summed E-state index contributed by atoms with van der Waals surface area (Å²) in [4.78, 5) is 0. The van der Waals surface area contributed by atoms with Crippen molar-refractivity contribution < 1.29 is 9.84 Å². The van der Waals surface area contributed by atoms with Crippen molar-refractivity contribution in [2.45, 2.75) is 18.4 Å². The lowest BCUT2D eigenvalue weighted by atomic mass is 9.95. The maximum Gasteiger partial charge on any atom is 0.127 e. The predicted molar refractivity (Wildman–Crippen MR) is 81.0 cm³/mol. The molecular weight excluding hydrogens is 250 g/mol. The molecule has 3 rings (SSSR count). The van der Waals surface area contributed by atoms with Crippen LogP contribution in [0, 0.1) is 5.92 Å². The third kappa shape index (κ3) is 2.39. The maximum absolute atomic E-state index is 9.74. The van der Waals surface area contributed by atoms with E-state index < -0.39 is 0 Å². The average molecular weight is 271 g/mol. The van der Waals surface area contributed by atoms with Crippen LogP contribution in [0.2, 0.25) is 0 Å². The van der Waals surface area contributed by atoms with Crippen molar-refractivity contribution in [3.8, 4) is 5.75 Å². The fourth-order valence-electron chi connectivity index (χ4n) is 2.81. The Bertz CT molecular complexity index is 583. The highest BCUT2D eigenvalue weighted by Crippen LogP contribution is 2.40. The zero-order chi connectivity index (χ0) is 14.0. The van der Waals surface area contributed by atoms with Crippen LogP contribution in [0.25, 0.3) is 10.8 Å². The summed E-state index contributed by atoms with van der Waals surface area (Å²) in [6, 6.07) is 14.3. The number of likely N-dealkylation sites (N-methyl/N-ethyl adjacent to an activating group) is 1. The zero-order valence-electron chi connectivity index (χ0n) is 11.8. The van der Waals surface area contributed by atoms with E-state index in [1.54, 1.807) is 0 Å². The number of nitrogens with one attached hydrogen (secondary N) is 1. The van der Waals surface area contributed by atoms with Crippen LogP contribution in [0.15, 0.2) is 42.5 Å². The number of aliphatic hydroxyl groups is 1. The Morgan fingerprint density at radius 3 is 2.65 bits per heavy atom. The van der Waals surface area contributed by atoms with Crippen molar-refractivity contribution in [3.63, 3.8) is 0 Å². The van der Waals surface area contributed by atoms with Crippen LogP contribution in [-0.4, -0.2) is 30.9 Å². The molecule has 0 bridgehead atoms. The van der Waals surface area contributed by atoms with E-state index in [2.05, 4.69) is 23.5 Å². The van der Waals surface area contributed by atoms with E-state index in [9.17, 15) is 5.11 Å². The highest BCUT2D eigenvalue weighted by atomic mass is 16.5. The molecule has 2 N–H and O–H groups in total. The van der Waals surface area contributed by atoms with E-state index in [4.69, 9.17) is 4.74 Å². The molecule has 0 heterocycles. The van der Waals surface area contributed by atoms with Gasteiger partial charge in [-0.2, -0.15) is 0 Å². The van der Waals surface area contributed by atoms with E-state index in [-0.39, 0.29) is 12.1 Å². The summed E-state index contributed by atoms with van der Waals surface area (Å²) in [5.74, 6) is 1.41. The van der Waals surface area contributed by atoms with E-state index >= 15 is 0 Å². The lowest BCUT2D eigenvalue weighted by Gasteiger charge is -2.31. The molecule has 1 saturated carbocycles. The Morgan fingerprint density at radius 1 is 1.20 bits per heavy atom. The highest BCUT2D eigenvalue weighted by molar-refractivity contribution is 5.88. The Hall–Kier alpha value is -1.58. The van der Waals surface area contributed by atoms with Crippen LogP contribution in [-0.2, 0) is 0 Å². The summed E-state index contributed by atoms with van der Waals surface area (Å²) in [5.41, 5.74) is -0.309. The Kier molecular flexibility index (Phi) is 3.64. The number of rotatable bonds is 6. The van der Waals surface area contributed by atoms with E-state index in [1.807, 2.05) is 31.3 Å². The molecule has 3 nitrogen and oxygen atoms in total. The molecule has 0 aliphatic heterocycles. The summed E-state index contributed by atoms with van der Waals surface area (Å²) >= 11 is 0. The highest BCUT2D eigenvalue weighted by Gasteiger charge is 2.44. The second-order valence-electron chi connectivity index (χ2n) is 5.60. The molecule has 1 aliphatic rings. The number of aliphatic hydroxyl groups excluding tert-OH is 1. The van der Waals surface area contributed by atoms with Gasteiger partial charge in [0, 0.05) is 5.39 Å². The molecule has 0 spiro atoms. The van der Waals surface area contributed by atoms with E-state index in [0.29, 0.717) is 12.5 Å². The predicted octanol–water partition coefficient (Wildman–Crippen LogP) is 2.58. The Labute approximate surface area is 119 Å². The fraction of sp³-hybridized carbons (Fsp3) is 0.412. The minimum atomic E-state index is -0.309. The van der Waals surface area contributed by atoms with E-state index in [0.717, 1.165) is 11.1 Å². The molecule has 0 aromatic heterocycles. The Morgan fingerprint density at radius 2 is 1.95 bits per heavy atom. The van der Waals surface area contributed by atoms with Crippen molar-refractivity contribution in [2.75, 3.05) is 20.3 Å². The van der Waals surface area contributed by atoms with Crippen LogP contribution in [0.1, 0.15) is 12.8 Å². The molecule has 2 aromatic rings. The first-order valence-corrected chi connectivity index (χ1v) is 7.19. The molecule has 20 heavy (non-hydrogen) atoms. The Balaban J connectivity index is 1.83. The molecule has 1 fully saturated rings. The molecule has 3 heteroatoms. The first-order valence-electron chi connectivity index (χ1n) is 7.19. The third-order valence-electron chi connectivity index (χ3n) is 4.37. The largest absolute Gasteiger partial charge is 0.491 e. The number of hydrogen-bond acceptors (Lipinski definition) is 3. The smallest absolute Gasteiger partial charge is 0.127 e. The van der Waals surface area contributed by atoms with Crippen LogP contribution >= 0.6 is 0 Å². The van der Waals surface area contributed by atoms with Gasteiger partial charge in [-0.1, -0.05) is 36.4 Å². The van der Waals surface area contributed by atoms with Crippen LogP contribution in [0.5, 0.6) is 5.75 Å². The second kappa shape index (κ2) is 5.43. The monoisotopic (exact) mass is 271 g/mol. The second-order valence-corrected chi connectivity index (χ2v) is 5.60. The zero-order valence-corrected chi connectivity index (χ0v) is 11.8. The summed E-state index contributed by atoms with van der Waals surface area (Å²) in [6.07, 6.45) is 2.33. The lowest BCUT2D eigenvalue weighted by molar-refractivity contribution is 0.0922. The molecule has 1 unspecified atom stereocenters. The van der Waals surface area contributed by atoms with Crippen molar-refractivity contribution in [1.82, 2.24) is 5.32 Å². The van der Waals surface area contributed by atoms with Gasteiger partial charge in [0.25, 0.3) is 0 Å². The topological polar surface area (TPSA) is 41.5 Å². The molecule has 0 saturated heterocycles. The van der Waals surface area contributed by atoms with Gasteiger partial charge in [-0.05, 0) is 37.3 Å². The minimum Gasteiger partial charge on any atom is -0.491 e. The summed E-state index contributed by atoms with van der Waals surface area (Å²) in [6.45, 7) is 0.609. The first-order chi connectivity index (χ1) is 9.79. The van der Waals surface area contributed by atoms with Crippen LogP contribution in [0.4, 0.5) is 0 Å². The molecule has 106 valence electrons. The van der Waals surface area contributed by atoms with Gasteiger partial charge in [-0.25, -0.2) is 0 Å². The quantitative estimate of drug-likeness (QED) is 0.848. The van der Waals surface area contributed by atoms with Crippen molar-refractivity contribution in [3.05, 3.63) is 42.5 Å². The molecule has 0 amide bonds. The molecule has 0 radical (unpaired) electrons. The summed E-state index contributed by atoms with van der Waals surface area (Å²) in [7, 11) is 1.90. The lowest BCUT2D eigenvalue weighted by Crippen LogP contribution is -2.53. The van der Waals surface area contributed by atoms with Gasteiger partial charge in [-0.3, -0.25) is 0 Å². The molecule has 1 atom stereocenters. The third-order valence-corrected chi connectivity index (χ3v) is 4.37. The molecular formula is C17H21NO2. The van der Waals surface area contributed by atoms with Gasteiger partial charge in [-0.15, -0.1) is 0 Å². The number of benzene rings is 2. The van der Waals surface area contributed by atoms with Crippen molar-refractivity contribution in [1.29, 1.82) is 0 Å². The van der Waals surface area contributed by atoms with Crippen LogP contribution < -0.4 is 10.1 Å².